The molecule has 12 heavy (non-hydrogen) atoms. The SMILES string of the molecule is CNC1=C([N+](=O)[O-])C=CN([O-])C1. The van der Waals surface area contributed by atoms with Crippen molar-refractivity contribution >= 4 is 0 Å². The molecule has 0 saturated heterocycles. The van der Waals surface area contributed by atoms with Crippen LogP contribution in [0.15, 0.2) is 23.7 Å². The second-order valence-corrected chi connectivity index (χ2v) is 2.26. The Hall–Kier alpha value is -1.56. The van der Waals surface area contributed by atoms with Gasteiger partial charge in [0.25, 0.3) is 5.70 Å². The molecule has 1 rings (SSSR count). The molecule has 1 heterocycles. The average molecular weight is 170 g/mol. The van der Waals surface area contributed by atoms with Crippen LogP contribution in [0.4, 0.5) is 0 Å². The van der Waals surface area contributed by atoms with Crippen molar-refractivity contribution in [2.24, 2.45) is 0 Å². The Morgan fingerprint density at radius 3 is 2.92 bits per heavy atom. The van der Waals surface area contributed by atoms with E-state index in [1.54, 1.807) is 7.05 Å². The van der Waals surface area contributed by atoms with Crippen molar-refractivity contribution in [3.05, 3.63) is 39.0 Å². The molecule has 0 aromatic carbocycles. The average Bonchev–Trinajstić information content (AvgIpc) is 2.03. The number of rotatable bonds is 2. The zero-order valence-electron chi connectivity index (χ0n) is 6.48. The molecule has 1 N–H and O–H groups in total. The molecule has 0 bridgehead atoms. The second-order valence-electron chi connectivity index (χ2n) is 2.26. The molecule has 0 amide bonds. The molecule has 1 aliphatic rings. The number of likely N-dealkylation sites (N-methyl/N-ethyl adjacent to an activating group) is 1. The molecule has 0 atom stereocenters. The van der Waals surface area contributed by atoms with Gasteiger partial charge in [0.15, 0.2) is 0 Å². The summed E-state index contributed by atoms with van der Waals surface area (Å²) in [7, 11) is 1.55. The van der Waals surface area contributed by atoms with Crippen LogP contribution >= 0.6 is 0 Å². The number of hydrogen-bond acceptors (Lipinski definition) is 5. The van der Waals surface area contributed by atoms with Gasteiger partial charge in [0.2, 0.25) is 0 Å². The van der Waals surface area contributed by atoms with E-state index in [1.807, 2.05) is 0 Å². The minimum atomic E-state index is -0.519. The van der Waals surface area contributed by atoms with E-state index in [4.69, 9.17) is 0 Å². The highest BCUT2D eigenvalue weighted by molar-refractivity contribution is 5.23. The number of nitro groups is 1. The number of nitrogens with zero attached hydrogens (tertiary/aromatic N) is 2. The number of hydrogen-bond donors (Lipinski definition) is 1. The van der Waals surface area contributed by atoms with Crippen molar-refractivity contribution in [2.45, 2.75) is 0 Å². The van der Waals surface area contributed by atoms with E-state index < -0.39 is 4.92 Å². The summed E-state index contributed by atoms with van der Waals surface area (Å²) in [4.78, 5) is 9.85. The van der Waals surface area contributed by atoms with Gasteiger partial charge >= 0.3 is 0 Å². The lowest BCUT2D eigenvalue weighted by atomic mass is 10.2. The molecule has 0 radical (unpaired) electrons. The van der Waals surface area contributed by atoms with Crippen molar-refractivity contribution in [3.63, 3.8) is 0 Å². The summed E-state index contributed by atoms with van der Waals surface area (Å²) in [5.41, 5.74) is 0.280. The van der Waals surface area contributed by atoms with E-state index in [1.165, 1.54) is 6.08 Å². The maximum atomic E-state index is 10.7. The largest absolute Gasteiger partial charge is 0.758 e. The molecule has 0 unspecified atom stereocenters. The maximum Gasteiger partial charge on any atom is 0.291 e. The second kappa shape index (κ2) is 3.22. The Labute approximate surface area is 68.9 Å². The molecule has 6 nitrogen and oxygen atoms in total. The highest BCUT2D eigenvalue weighted by Gasteiger charge is 2.17. The summed E-state index contributed by atoms with van der Waals surface area (Å²) in [5.74, 6) is 0. The van der Waals surface area contributed by atoms with Crippen LogP contribution < -0.4 is 5.32 Å². The van der Waals surface area contributed by atoms with E-state index >= 15 is 0 Å². The lowest BCUT2D eigenvalue weighted by Crippen LogP contribution is -2.26. The third-order valence-electron chi connectivity index (χ3n) is 1.52. The van der Waals surface area contributed by atoms with E-state index in [9.17, 15) is 15.3 Å². The Balaban J connectivity index is 2.93. The topological polar surface area (TPSA) is 81.5 Å². The highest BCUT2D eigenvalue weighted by atomic mass is 16.6. The maximum absolute atomic E-state index is 10.7. The van der Waals surface area contributed by atoms with E-state index in [0.29, 0.717) is 10.8 Å². The minimum Gasteiger partial charge on any atom is -0.758 e. The monoisotopic (exact) mass is 170 g/mol. The van der Waals surface area contributed by atoms with Crippen molar-refractivity contribution in [3.8, 4) is 0 Å². The summed E-state index contributed by atoms with van der Waals surface area (Å²) in [6.07, 6.45) is 2.32. The summed E-state index contributed by atoms with van der Waals surface area (Å²) in [6, 6.07) is 0. The van der Waals surface area contributed by atoms with Gasteiger partial charge in [-0.2, -0.15) is 0 Å². The summed E-state index contributed by atoms with van der Waals surface area (Å²) < 4.78 is 0. The fourth-order valence-corrected chi connectivity index (χ4v) is 0.922. The van der Waals surface area contributed by atoms with Gasteiger partial charge in [-0.3, -0.25) is 10.1 Å². The van der Waals surface area contributed by atoms with Crippen molar-refractivity contribution in [2.75, 3.05) is 13.6 Å². The fraction of sp³-hybridized carbons (Fsp3) is 0.333. The Bertz CT molecular complexity index is 259. The Morgan fingerprint density at radius 2 is 2.42 bits per heavy atom. The molecule has 0 aromatic rings. The van der Waals surface area contributed by atoms with Crippen LogP contribution in [0.25, 0.3) is 0 Å². The van der Waals surface area contributed by atoms with Crippen molar-refractivity contribution in [1.82, 2.24) is 10.4 Å². The standard InChI is InChI=1S/C6H8N3O3/c1-7-5-4-8(10)3-2-6(5)9(11)12/h2-3,7H,4H2,1H3/q-1. The van der Waals surface area contributed by atoms with Crippen LogP contribution in [0.1, 0.15) is 0 Å². The van der Waals surface area contributed by atoms with Crippen molar-refractivity contribution < 1.29 is 4.92 Å². The predicted molar refractivity (Wildman–Crippen MR) is 42.3 cm³/mol. The summed E-state index contributed by atoms with van der Waals surface area (Å²) in [5, 5.41) is 24.3. The zero-order valence-corrected chi connectivity index (χ0v) is 6.48. The first kappa shape index (κ1) is 8.54. The molecule has 66 valence electrons. The number of allylic oxidation sites excluding steroid dienone is 1. The van der Waals surface area contributed by atoms with Gasteiger partial charge in [0, 0.05) is 13.1 Å². The van der Waals surface area contributed by atoms with E-state index in [0.717, 1.165) is 6.20 Å². The molecular formula is C6H8N3O3-. The quantitative estimate of drug-likeness (QED) is 0.466. The molecule has 1 aliphatic heterocycles. The van der Waals surface area contributed by atoms with E-state index in [-0.39, 0.29) is 12.2 Å². The van der Waals surface area contributed by atoms with Crippen LogP contribution in [0.2, 0.25) is 0 Å². The van der Waals surface area contributed by atoms with Crippen LogP contribution in [0, 0.1) is 15.3 Å². The molecule has 0 fully saturated rings. The first-order valence-electron chi connectivity index (χ1n) is 3.32. The van der Waals surface area contributed by atoms with Gasteiger partial charge < -0.3 is 15.6 Å². The summed E-state index contributed by atoms with van der Waals surface area (Å²) >= 11 is 0. The molecule has 0 spiro atoms. The Morgan fingerprint density at radius 1 is 1.75 bits per heavy atom. The highest BCUT2D eigenvalue weighted by Crippen LogP contribution is 2.11. The molecular weight excluding hydrogens is 162 g/mol. The van der Waals surface area contributed by atoms with Gasteiger partial charge in [-0.25, -0.2) is 0 Å². The van der Waals surface area contributed by atoms with Gasteiger partial charge in [0.05, 0.1) is 11.5 Å². The molecule has 0 aromatic heterocycles. The zero-order chi connectivity index (χ0) is 9.14. The minimum absolute atomic E-state index is 0.00329. The molecule has 0 saturated carbocycles. The van der Waals surface area contributed by atoms with Gasteiger partial charge in [-0.1, -0.05) is 0 Å². The van der Waals surface area contributed by atoms with Crippen LogP contribution in [-0.4, -0.2) is 23.6 Å². The third kappa shape index (κ3) is 1.54. The van der Waals surface area contributed by atoms with Crippen LogP contribution in [-0.2, 0) is 0 Å². The first-order valence-corrected chi connectivity index (χ1v) is 3.32. The van der Waals surface area contributed by atoms with Crippen LogP contribution in [0.5, 0.6) is 0 Å². The third-order valence-corrected chi connectivity index (χ3v) is 1.52. The normalized spacial score (nSPS) is 16.7. The van der Waals surface area contributed by atoms with Gasteiger partial charge in [-0.05, 0) is 6.20 Å². The number of nitrogens with one attached hydrogen (secondary N) is 1. The summed E-state index contributed by atoms with van der Waals surface area (Å²) in [6.45, 7) is 0.00329. The van der Waals surface area contributed by atoms with Crippen LogP contribution in [0.3, 0.4) is 0 Å². The van der Waals surface area contributed by atoms with Gasteiger partial charge in [0.1, 0.15) is 5.70 Å². The number of hydroxylamine groups is 2. The lowest BCUT2D eigenvalue weighted by Gasteiger charge is -2.29. The van der Waals surface area contributed by atoms with Crippen molar-refractivity contribution in [1.29, 1.82) is 0 Å². The smallest absolute Gasteiger partial charge is 0.291 e. The molecule has 6 heteroatoms. The lowest BCUT2D eigenvalue weighted by molar-refractivity contribution is -0.421. The van der Waals surface area contributed by atoms with E-state index in [2.05, 4.69) is 5.32 Å². The first-order chi connectivity index (χ1) is 5.65. The Kier molecular flexibility index (Phi) is 2.29. The molecule has 0 aliphatic carbocycles. The predicted octanol–water partition coefficient (Wildman–Crippen LogP) is 0.0212. The van der Waals surface area contributed by atoms with Gasteiger partial charge in [-0.15, -0.1) is 0 Å². The fourth-order valence-electron chi connectivity index (χ4n) is 0.922.